The van der Waals surface area contributed by atoms with Crippen molar-refractivity contribution in [3.8, 4) is 0 Å². The van der Waals surface area contributed by atoms with E-state index in [-0.39, 0.29) is 12.0 Å². The smallest absolute Gasteiger partial charge is 0.134 e. The fraction of sp³-hybridized carbons (Fsp3) is 0.650. The number of aromatic nitrogens is 2. The molecule has 1 aliphatic carbocycles. The summed E-state index contributed by atoms with van der Waals surface area (Å²) in [6.45, 7) is 3.61. The summed E-state index contributed by atoms with van der Waals surface area (Å²) in [5.74, 6) is 0.919. The summed E-state index contributed by atoms with van der Waals surface area (Å²) in [6, 6.07) is 4.42. The average Bonchev–Trinajstić information content (AvgIpc) is 3.27. The third kappa shape index (κ3) is 3.23. The van der Waals surface area contributed by atoms with Gasteiger partial charge in [0, 0.05) is 36.8 Å². The topological polar surface area (TPSA) is 74.4 Å². The Morgan fingerprint density at radius 2 is 1.96 bits per heavy atom. The van der Waals surface area contributed by atoms with Gasteiger partial charge in [0.15, 0.2) is 0 Å². The van der Waals surface area contributed by atoms with Gasteiger partial charge in [0.25, 0.3) is 0 Å². The van der Waals surface area contributed by atoms with Crippen molar-refractivity contribution in [2.75, 3.05) is 20.3 Å². The number of nitrogens with zero attached hydrogens (tertiary/aromatic N) is 2. The molecule has 1 aromatic heterocycles. The first-order valence-corrected chi connectivity index (χ1v) is 10.2. The van der Waals surface area contributed by atoms with Gasteiger partial charge in [0.1, 0.15) is 24.0 Å². The quantitative estimate of drug-likeness (QED) is 0.746. The van der Waals surface area contributed by atoms with Gasteiger partial charge in [0.05, 0.1) is 11.0 Å². The lowest BCUT2D eigenvalue weighted by Crippen LogP contribution is -2.53. The van der Waals surface area contributed by atoms with Crippen LogP contribution in [0.2, 0.25) is 0 Å². The van der Waals surface area contributed by atoms with Gasteiger partial charge in [-0.1, -0.05) is 0 Å². The average molecular weight is 389 g/mol. The number of rotatable bonds is 4. The Morgan fingerprint density at radius 3 is 2.75 bits per heavy atom. The van der Waals surface area contributed by atoms with Crippen LogP contribution in [0.15, 0.2) is 12.1 Å². The van der Waals surface area contributed by atoms with Crippen LogP contribution >= 0.6 is 0 Å². The van der Waals surface area contributed by atoms with Crippen molar-refractivity contribution in [3.05, 3.63) is 29.3 Å². The summed E-state index contributed by atoms with van der Waals surface area (Å²) >= 11 is 0. The lowest BCUT2D eigenvalue weighted by Gasteiger charge is -2.46. The molecule has 2 saturated heterocycles. The van der Waals surface area contributed by atoms with E-state index in [0.717, 1.165) is 50.2 Å². The normalized spacial score (nSPS) is 31.6. The van der Waals surface area contributed by atoms with Crippen molar-refractivity contribution >= 4 is 11.0 Å². The molecule has 8 heteroatoms. The van der Waals surface area contributed by atoms with E-state index in [1.807, 2.05) is 6.92 Å². The van der Waals surface area contributed by atoms with Crippen LogP contribution in [0.1, 0.15) is 43.2 Å². The number of ether oxygens (including phenoxy) is 1. The van der Waals surface area contributed by atoms with Gasteiger partial charge in [-0.25, -0.2) is 9.37 Å². The molecule has 0 spiro atoms. The maximum Gasteiger partial charge on any atom is 0.134 e. The molecule has 0 bridgehead atoms. The highest BCUT2D eigenvalue weighted by Crippen LogP contribution is 2.38. The van der Waals surface area contributed by atoms with E-state index in [2.05, 4.69) is 32.7 Å². The van der Waals surface area contributed by atoms with E-state index in [1.165, 1.54) is 6.07 Å². The molecule has 2 aliphatic heterocycles. The number of hydrogen-bond acceptors (Lipinski definition) is 6. The van der Waals surface area contributed by atoms with Crippen LogP contribution in [0, 0.1) is 18.7 Å². The van der Waals surface area contributed by atoms with Gasteiger partial charge in [-0.2, -0.15) is 5.48 Å². The molecule has 5 rings (SSSR count). The Balaban J connectivity index is 1.22. The summed E-state index contributed by atoms with van der Waals surface area (Å²) in [7, 11) is 2.23. The Bertz CT molecular complexity index is 846. The van der Waals surface area contributed by atoms with Gasteiger partial charge in [-0.3, -0.25) is 10.2 Å². The number of hydrogen-bond donors (Lipinski definition) is 3. The van der Waals surface area contributed by atoms with E-state index >= 15 is 0 Å². The van der Waals surface area contributed by atoms with Crippen molar-refractivity contribution in [3.63, 3.8) is 0 Å². The molecule has 3 N–H and O–H groups in total. The van der Waals surface area contributed by atoms with Crippen LogP contribution in [0.3, 0.4) is 0 Å². The second-order valence-electron chi connectivity index (χ2n) is 8.33. The zero-order valence-electron chi connectivity index (χ0n) is 16.4. The molecule has 1 saturated carbocycles. The molecule has 2 unspecified atom stereocenters. The Kier molecular flexibility index (Phi) is 4.84. The highest BCUT2D eigenvalue weighted by atomic mass is 19.1. The SMILES string of the molecule is Cc1nc2c(C3NOC([C@H]4C[C@@H](N(C)C5CCOCC5)C4)N3)c(F)ccc2[nH]1. The maximum atomic E-state index is 14.6. The molecule has 28 heavy (non-hydrogen) atoms. The zero-order chi connectivity index (χ0) is 19.3. The molecule has 0 amide bonds. The molecule has 3 aliphatic rings. The predicted octanol–water partition coefficient (Wildman–Crippen LogP) is 2.35. The summed E-state index contributed by atoms with van der Waals surface area (Å²) in [6.07, 6.45) is 3.91. The molecule has 2 atom stereocenters. The number of benzene rings is 1. The molecule has 3 heterocycles. The first-order chi connectivity index (χ1) is 13.6. The lowest BCUT2D eigenvalue weighted by molar-refractivity contribution is -0.0694. The van der Waals surface area contributed by atoms with Crippen LogP contribution in [0.25, 0.3) is 11.0 Å². The molecule has 7 nitrogen and oxygen atoms in total. The fourth-order valence-electron chi connectivity index (χ4n) is 4.82. The van der Waals surface area contributed by atoms with Gasteiger partial charge < -0.3 is 14.6 Å². The summed E-state index contributed by atoms with van der Waals surface area (Å²) in [5, 5.41) is 3.42. The number of H-pyrrole nitrogens is 1. The van der Waals surface area contributed by atoms with E-state index in [4.69, 9.17) is 9.57 Å². The van der Waals surface area contributed by atoms with E-state index < -0.39 is 6.17 Å². The number of halogens is 1. The van der Waals surface area contributed by atoms with Crippen molar-refractivity contribution < 1.29 is 14.0 Å². The summed E-state index contributed by atoms with van der Waals surface area (Å²) in [5.41, 5.74) is 4.99. The second-order valence-corrected chi connectivity index (χ2v) is 8.33. The minimum Gasteiger partial charge on any atom is -0.381 e. The van der Waals surface area contributed by atoms with Crippen LogP contribution < -0.4 is 10.8 Å². The van der Waals surface area contributed by atoms with Crippen molar-refractivity contribution in [1.82, 2.24) is 25.7 Å². The molecule has 152 valence electrons. The standard InChI is InChI=1S/C20H28FN5O2/c1-11-22-16-4-3-15(21)17(18(16)23-11)19-24-20(28-25-19)12-9-14(10-12)26(2)13-5-7-27-8-6-13/h3-4,12-14,19-20,24-25H,5-10H2,1-2H3,(H,22,23)/t12-,14+,19?,20?. The van der Waals surface area contributed by atoms with E-state index in [0.29, 0.717) is 29.1 Å². The number of fused-ring (bicyclic) bond motifs is 1. The van der Waals surface area contributed by atoms with Gasteiger partial charge in [0.2, 0.25) is 0 Å². The largest absolute Gasteiger partial charge is 0.381 e. The van der Waals surface area contributed by atoms with Crippen molar-refractivity contribution in [2.45, 2.75) is 57.1 Å². The Morgan fingerprint density at radius 1 is 1.18 bits per heavy atom. The molecule has 1 aromatic carbocycles. The monoisotopic (exact) mass is 389 g/mol. The van der Waals surface area contributed by atoms with Crippen LogP contribution in [-0.2, 0) is 9.57 Å². The second kappa shape index (κ2) is 7.35. The van der Waals surface area contributed by atoms with Crippen LogP contribution in [0.5, 0.6) is 0 Å². The molecular weight excluding hydrogens is 361 g/mol. The maximum absolute atomic E-state index is 14.6. The number of aromatic amines is 1. The lowest BCUT2D eigenvalue weighted by atomic mass is 9.77. The highest BCUT2D eigenvalue weighted by Gasteiger charge is 2.43. The summed E-state index contributed by atoms with van der Waals surface area (Å²) in [4.78, 5) is 16.0. The van der Waals surface area contributed by atoms with E-state index in [9.17, 15) is 4.39 Å². The molecule has 2 aromatic rings. The van der Waals surface area contributed by atoms with Gasteiger partial charge >= 0.3 is 0 Å². The van der Waals surface area contributed by atoms with E-state index in [1.54, 1.807) is 6.07 Å². The predicted molar refractivity (Wildman–Crippen MR) is 103 cm³/mol. The minimum atomic E-state index is -0.399. The number of nitrogens with one attached hydrogen (secondary N) is 3. The van der Waals surface area contributed by atoms with Gasteiger partial charge in [-0.15, -0.1) is 0 Å². The third-order valence-electron chi connectivity index (χ3n) is 6.61. The number of aryl methyl sites for hydroxylation is 1. The number of imidazole rings is 1. The van der Waals surface area contributed by atoms with Crippen LogP contribution in [-0.4, -0.2) is 53.4 Å². The third-order valence-corrected chi connectivity index (χ3v) is 6.61. The highest BCUT2D eigenvalue weighted by molar-refractivity contribution is 5.79. The van der Waals surface area contributed by atoms with Crippen molar-refractivity contribution in [2.24, 2.45) is 5.92 Å². The van der Waals surface area contributed by atoms with Crippen molar-refractivity contribution in [1.29, 1.82) is 0 Å². The fourth-order valence-corrected chi connectivity index (χ4v) is 4.82. The molecule has 0 radical (unpaired) electrons. The Hall–Kier alpha value is -1.58. The molecule has 3 fully saturated rings. The Labute approximate surface area is 163 Å². The van der Waals surface area contributed by atoms with Crippen LogP contribution in [0.4, 0.5) is 4.39 Å². The van der Waals surface area contributed by atoms with Gasteiger partial charge in [-0.05, 0) is 51.8 Å². The number of hydroxylamine groups is 1. The summed E-state index contributed by atoms with van der Waals surface area (Å²) < 4.78 is 20.0. The minimum absolute atomic E-state index is 0.112. The zero-order valence-corrected chi connectivity index (χ0v) is 16.4. The first kappa shape index (κ1) is 18.4. The molecular formula is C20H28FN5O2. The first-order valence-electron chi connectivity index (χ1n) is 10.2.